The van der Waals surface area contributed by atoms with E-state index >= 15 is 0 Å². The summed E-state index contributed by atoms with van der Waals surface area (Å²) in [5.41, 5.74) is 4.59. The van der Waals surface area contributed by atoms with Crippen LogP contribution in [0.3, 0.4) is 0 Å². The molecule has 0 unspecified atom stereocenters. The molecule has 1 N–H and O–H groups in total. The van der Waals surface area contributed by atoms with Crippen LogP contribution in [0.15, 0.2) is 34.9 Å². The third-order valence-electron chi connectivity index (χ3n) is 6.19. The lowest BCUT2D eigenvalue weighted by Gasteiger charge is -2.35. The zero-order valence-electron chi connectivity index (χ0n) is 18.6. The average Bonchev–Trinajstić information content (AvgIpc) is 3.24. The van der Waals surface area contributed by atoms with Gasteiger partial charge >= 0.3 is 0 Å². The molecule has 8 nitrogen and oxygen atoms in total. The van der Waals surface area contributed by atoms with E-state index in [4.69, 9.17) is 9.51 Å². The van der Waals surface area contributed by atoms with Crippen molar-refractivity contribution in [3.63, 3.8) is 0 Å². The topological polar surface area (TPSA) is 87.4 Å². The minimum Gasteiger partial charge on any atom is -0.360 e. The quantitative estimate of drug-likeness (QED) is 0.673. The SMILES string of the molecule is Cc1ccc(Nc2nc(C)cc(N3CCN(C(=O)c4noc5c4CCCC5)CC3)n2)cc1. The molecule has 1 saturated heterocycles. The van der Waals surface area contributed by atoms with Crippen molar-refractivity contribution in [2.45, 2.75) is 39.5 Å². The van der Waals surface area contributed by atoms with Crippen LogP contribution in [0.5, 0.6) is 0 Å². The summed E-state index contributed by atoms with van der Waals surface area (Å²) in [5.74, 6) is 2.33. The monoisotopic (exact) mass is 432 g/mol. The average molecular weight is 433 g/mol. The zero-order valence-corrected chi connectivity index (χ0v) is 18.6. The fourth-order valence-corrected chi connectivity index (χ4v) is 4.38. The highest BCUT2D eigenvalue weighted by Gasteiger charge is 2.29. The number of fused-ring (bicyclic) bond motifs is 1. The number of carbonyl (C=O) groups excluding carboxylic acids is 1. The molecule has 5 rings (SSSR count). The van der Waals surface area contributed by atoms with E-state index in [1.54, 1.807) is 0 Å². The van der Waals surface area contributed by atoms with Crippen LogP contribution in [0.1, 0.15) is 45.9 Å². The molecule has 32 heavy (non-hydrogen) atoms. The zero-order chi connectivity index (χ0) is 22.1. The van der Waals surface area contributed by atoms with Gasteiger partial charge in [0, 0.05) is 55.6 Å². The molecule has 2 aliphatic rings. The number of amides is 1. The Morgan fingerprint density at radius 2 is 1.75 bits per heavy atom. The maximum Gasteiger partial charge on any atom is 0.276 e. The molecule has 1 aromatic carbocycles. The van der Waals surface area contributed by atoms with E-state index in [1.807, 2.05) is 30.0 Å². The van der Waals surface area contributed by atoms with Gasteiger partial charge in [-0.15, -0.1) is 0 Å². The third kappa shape index (κ3) is 4.17. The second kappa shape index (κ2) is 8.61. The molecule has 8 heteroatoms. The number of aromatic nitrogens is 3. The summed E-state index contributed by atoms with van der Waals surface area (Å²) in [5, 5.41) is 7.40. The molecule has 0 saturated carbocycles. The first kappa shape index (κ1) is 20.5. The van der Waals surface area contributed by atoms with Crippen molar-refractivity contribution in [1.82, 2.24) is 20.0 Å². The molecule has 1 aliphatic heterocycles. The number of nitrogens with one attached hydrogen (secondary N) is 1. The normalized spacial score (nSPS) is 16.1. The first-order valence-electron chi connectivity index (χ1n) is 11.3. The van der Waals surface area contributed by atoms with Crippen molar-refractivity contribution in [1.29, 1.82) is 0 Å². The Balaban J connectivity index is 1.26. The highest BCUT2D eigenvalue weighted by molar-refractivity contribution is 5.94. The molecule has 1 fully saturated rings. The fourth-order valence-electron chi connectivity index (χ4n) is 4.38. The predicted molar refractivity (Wildman–Crippen MR) is 122 cm³/mol. The maximum absolute atomic E-state index is 13.1. The summed E-state index contributed by atoms with van der Waals surface area (Å²) >= 11 is 0. The number of piperazine rings is 1. The van der Waals surface area contributed by atoms with Crippen molar-refractivity contribution < 1.29 is 9.32 Å². The first-order chi connectivity index (χ1) is 15.6. The number of benzene rings is 1. The summed E-state index contributed by atoms with van der Waals surface area (Å²) in [6.45, 7) is 6.72. The third-order valence-corrected chi connectivity index (χ3v) is 6.19. The Kier molecular flexibility index (Phi) is 5.51. The van der Waals surface area contributed by atoms with Crippen molar-refractivity contribution in [2.75, 3.05) is 36.4 Å². The van der Waals surface area contributed by atoms with Crippen molar-refractivity contribution in [3.05, 3.63) is 58.6 Å². The predicted octanol–water partition coefficient (Wildman–Crippen LogP) is 3.67. The van der Waals surface area contributed by atoms with Gasteiger partial charge in [-0.2, -0.15) is 4.98 Å². The number of carbonyl (C=O) groups is 1. The van der Waals surface area contributed by atoms with Crippen LogP contribution in [-0.4, -0.2) is 52.1 Å². The smallest absolute Gasteiger partial charge is 0.276 e. The van der Waals surface area contributed by atoms with Gasteiger partial charge in [-0.25, -0.2) is 4.98 Å². The molecule has 0 atom stereocenters. The molecule has 3 aromatic rings. The van der Waals surface area contributed by atoms with E-state index in [1.165, 1.54) is 5.56 Å². The molecule has 1 aliphatic carbocycles. The number of rotatable bonds is 4. The standard InChI is InChI=1S/C24H28N6O2/c1-16-7-9-18(10-8-16)26-24-25-17(2)15-21(27-24)29-11-13-30(14-12-29)23(31)22-19-5-3-4-6-20(19)32-28-22/h7-10,15H,3-6,11-14H2,1-2H3,(H,25,26,27). The highest BCUT2D eigenvalue weighted by Crippen LogP contribution is 2.26. The molecule has 3 heterocycles. The van der Waals surface area contributed by atoms with E-state index < -0.39 is 0 Å². The van der Waals surface area contributed by atoms with E-state index in [-0.39, 0.29) is 5.91 Å². The molecular formula is C24H28N6O2. The Hall–Kier alpha value is -3.42. The Bertz CT molecular complexity index is 1120. The van der Waals surface area contributed by atoms with Crippen LogP contribution < -0.4 is 10.2 Å². The number of hydrogen-bond acceptors (Lipinski definition) is 7. The Labute approximate surface area is 187 Å². The van der Waals surface area contributed by atoms with E-state index in [2.05, 4.69) is 39.4 Å². The fraction of sp³-hybridized carbons (Fsp3) is 0.417. The minimum absolute atomic E-state index is 0.0165. The van der Waals surface area contributed by atoms with Crippen LogP contribution in [0.4, 0.5) is 17.5 Å². The highest BCUT2D eigenvalue weighted by atomic mass is 16.5. The van der Waals surface area contributed by atoms with Crippen LogP contribution in [0, 0.1) is 13.8 Å². The van der Waals surface area contributed by atoms with E-state index in [0.29, 0.717) is 37.8 Å². The Morgan fingerprint density at radius 3 is 2.53 bits per heavy atom. The molecule has 1 amide bonds. The van der Waals surface area contributed by atoms with Crippen LogP contribution in [0.25, 0.3) is 0 Å². The molecular weight excluding hydrogens is 404 g/mol. The van der Waals surface area contributed by atoms with Gasteiger partial charge in [0.2, 0.25) is 5.95 Å². The Morgan fingerprint density at radius 1 is 1.00 bits per heavy atom. The lowest BCUT2D eigenvalue weighted by atomic mass is 9.96. The van der Waals surface area contributed by atoms with Crippen molar-refractivity contribution >= 4 is 23.4 Å². The number of nitrogens with zero attached hydrogens (tertiary/aromatic N) is 5. The summed E-state index contributed by atoms with van der Waals surface area (Å²) < 4.78 is 5.44. The maximum atomic E-state index is 13.1. The molecule has 0 bridgehead atoms. The number of hydrogen-bond donors (Lipinski definition) is 1. The minimum atomic E-state index is -0.0165. The summed E-state index contributed by atoms with van der Waals surface area (Å²) in [4.78, 5) is 26.4. The molecule has 166 valence electrons. The summed E-state index contributed by atoms with van der Waals surface area (Å²) in [7, 11) is 0. The van der Waals surface area contributed by atoms with Gasteiger partial charge in [-0.3, -0.25) is 4.79 Å². The molecule has 2 aromatic heterocycles. The van der Waals surface area contributed by atoms with Gasteiger partial charge in [0.25, 0.3) is 5.91 Å². The largest absolute Gasteiger partial charge is 0.360 e. The van der Waals surface area contributed by atoms with Gasteiger partial charge in [0.1, 0.15) is 11.6 Å². The van der Waals surface area contributed by atoms with E-state index in [9.17, 15) is 4.79 Å². The lowest BCUT2D eigenvalue weighted by Crippen LogP contribution is -2.49. The van der Waals surface area contributed by atoms with Gasteiger partial charge in [0.05, 0.1) is 0 Å². The summed E-state index contributed by atoms with van der Waals surface area (Å²) in [6, 6.07) is 10.1. The second-order valence-corrected chi connectivity index (χ2v) is 8.60. The van der Waals surface area contributed by atoms with Gasteiger partial charge in [0.15, 0.2) is 5.69 Å². The van der Waals surface area contributed by atoms with Crippen LogP contribution in [0.2, 0.25) is 0 Å². The van der Waals surface area contributed by atoms with Gasteiger partial charge < -0.3 is 19.6 Å². The van der Waals surface area contributed by atoms with Crippen LogP contribution >= 0.6 is 0 Å². The molecule has 0 spiro atoms. The summed E-state index contributed by atoms with van der Waals surface area (Å²) in [6.07, 6.45) is 3.97. The van der Waals surface area contributed by atoms with E-state index in [0.717, 1.165) is 54.2 Å². The first-order valence-corrected chi connectivity index (χ1v) is 11.3. The lowest BCUT2D eigenvalue weighted by molar-refractivity contribution is 0.0735. The number of anilines is 3. The second-order valence-electron chi connectivity index (χ2n) is 8.60. The van der Waals surface area contributed by atoms with Gasteiger partial charge in [-0.05, 0) is 45.2 Å². The number of aryl methyl sites for hydroxylation is 3. The van der Waals surface area contributed by atoms with Crippen molar-refractivity contribution in [2.24, 2.45) is 0 Å². The van der Waals surface area contributed by atoms with Gasteiger partial charge in [-0.1, -0.05) is 22.9 Å². The van der Waals surface area contributed by atoms with Crippen molar-refractivity contribution in [3.8, 4) is 0 Å². The van der Waals surface area contributed by atoms with Crippen LogP contribution in [-0.2, 0) is 12.8 Å². The molecule has 0 radical (unpaired) electrons.